The highest BCUT2D eigenvalue weighted by Gasteiger charge is 2.34. The molecule has 1 aliphatic heterocycles. The number of carbonyl (C=O) groups excluding carboxylic acids is 3. The summed E-state index contributed by atoms with van der Waals surface area (Å²) in [5, 5.41) is 15.4. The van der Waals surface area contributed by atoms with Gasteiger partial charge in [0.1, 0.15) is 5.01 Å². The van der Waals surface area contributed by atoms with Crippen LogP contribution >= 0.6 is 22.9 Å². The molecule has 10 heteroatoms. The van der Waals surface area contributed by atoms with Gasteiger partial charge in [-0.15, -0.1) is 10.2 Å². The standard InChI is InChI=1S/C22H20ClN5O3S/c1-2-18(29)24-16-7-3-13(4-8-16)20(31)25-22-27-26-21(32-22)14-11-19(30)28(12-14)17-9-5-15(23)6-10-17/h3-10,14H,2,11-12H2,1H3,(H,24,29)(H,25,27,31)/t14-/m1/s1. The Morgan fingerprint density at radius 2 is 1.81 bits per heavy atom. The van der Waals surface area contributed by atoms with E-state index in [9.17, 15) is 14.4 Å². The van der Waals surface area contributed by atoms with E-state index in [0.29, 0.717) is 45.8 Å². The fraction of sp³-hybridized carbons (Fsp3) is 0.227. The second-order valence-electron chi connectivity index (χ2n) is 7.26. The normalized spacial score (nSPS) is 15.6. The first-order valence-electron chi connectivity index (χ1n) is 10.0. The van der Waals surface area contributed by atoms with Crippen molar-refractivity contribution in [2.45, 2.75) is 25.7 Å². The van der Waals surface area contributed by atoms with Gasteiger partial charge in [-0.25, -0.2) is 0 Å². The molecular formula is C22H20ClN5O3S. The van der Waals surface area contributed by atoms with Crippen LogP contribution in [0.15, 0.2) is 48.5 Å². The number of amides is 3. The molecular weight excluding hydrogens is 450 g/mol. The summed E-state index contributed by atoms with van der Waals surface area (Å²) in [6, 6.07) is 13.7. The minimum Gasteiger partial charge on any atom is -0.326 e. The van der Waals surface area contributed by atoms with E-state index in [1.54, 1.807) is 48.2 Å². The zero-order valence-electron chi connectivity index (χ0n) is 17.2. The van der Waals surface area contributed by atoms with Crippen LogP contribution in [-0.4, -0.2) is 34.5 Å². The summed E-state index contributed by atoms with van der Waals surface area (Å²) in [5.41, 5.74) is 1.85. The molecule has 2 aromatic carbocycles. The van der Waals surface area contributed by atoms with E-state index in [2.05, 4.69) is 20.8 Å². The molecule has 164 valence electrons. The lowest BCUT2D eigenvalue weighted by molar-refractivity contribution is -0.117. The summed E-state index contributed by atoms with van der Waals surface area (Å²) in [6.45, 7) is 2.26. The highest BCUT2D eigenvalue weighted by Crippen LogP contribution is 2.34. The third-order valence-corrected chi connectivity index (χ3v) is 6.28. The third kappa shape index (κ3) is 4.95. The Labute approximate surface area is 193 Å². The Morgan fingerprint density at radius 3 is 2.50 bits per heavy atom. The van der Waals surface area contributed by atoms with Gasteiger partial charge < -0.3 is 10.2 Å². The maximum Gasteiger partial charge on any atom is 0.257 e. The maximum absolute atomic E-state index is 12.5. The van der Waals surface area contributed by atoms with Crippen molar-refractivity contribution in [3.05, 3.63) is 64.1 Å². The van der Waals surface area contributed by atoms with Crippen LogP contribution in [-0.2, 0) is 9.59 Å². The number of halogens is 1. The van der Waals surface area contributed by atoms with Gasteiger partial charge >= 0.3 is 0 Å². The molecule has 1 fully saturated rings. The van der Waals surface area contributed by atoms with E-state index >= 15 is 0 Å². The predicted molar refractivity (Wildman–Crippen MR) is 124 cm³/mol. The molecule has 0 aliphatic carbocycles. The Kier molecular flexibility index (Phi) is 6.48. The van der Waals surface area contributed by atoms with Gasteiger partial charge in [-0.3, -0.25) is 19.7 Å². The molecule has 4 rings (SSSR count). The van der Waals surface area contributed by atoms with Crippen molar-refractivity contribution in [1.82, 2.24) is 10.2 Å². The van der Waals surface area contributed by atoms with Crippen LogP contribution in [0.4, 0.5) is 16.5 Å². The van der Waals surface area contributed by atoms with Crippen molar-refractivity contribution < 1.29 is 14.4 Å². The van der Waals surface area contributed by atoms with E-state index in [0.717, 1.165) is 5.69 Å². The van der Waals surface area contributed by atoms with Crippen molar-refractivity contribution in [2.24, 2.45) is 0 Å². The molecule has 0 radical (unpaired) electrons. The van der Waals surface area contributed by atoms with Gasteiger partial charge in [0, 0.05) is 47.3 Å². The lowest BCUT2D eigenvalue weighted by Crippen LogP contribution is -2.24. The molecule has 3 amide bonds. The van der Waals surface area contributed by atoms with E-state index in [1.165, 1.54) is 11.3 Å². The summed E-state index contributed by atoms with van der Waals surface area (Å²) in [4.78, 5) is 38.2. The minimum absolute atomic E-state index is 0.00774. The highest BCUT2D eigenvalue weighted by molar-refractivity contribution is 7.15. The predicted octanol–water partition coefficient (Wildman–Crippen LogP) is 4.31. The van der Waals surface area contributed by atoms with Gasteiger partial charge in [0.25, 0.3) is 5.91 Å². The zero-order valence-corrected chi connectivity index (χ0v) is 18.7. The fourth-order valence-corrected chi connectivity index (χ4v) is 4.27. The van der Waals surface area contributed by atoms with E-state index < -0.39 is 0 Å². The van der Waals surface area contributed by atoms with Crippen molar-refractivity contribution in [1.29, 1.82) is 0 Å². The van der Waals surface area contributed by atoms with Gasteiger partial charge in [0.2, 0.25) is 16.9 Å². The smallest absolute Gasteiger partial charge is 0.257 e. The van der Waals surface area contributed by atoms with Gasteiger partial charge in [-0.1, -0.05) is 29.9 Å². The largest absolute Gasteiger partial charge is 0.326 e. The number of rotatable bonds is 6. The molecule has 0 saturated carbocycles. The van der Waals surface area contributed by atoms with Crippen molar-refractivity contribution in [2.75, 3.05) is 22.1 Å². The number of nitrogens with one attached hydrogen (secondary N) is 2. The first-order chi connectivity index (χ1) is 15.4. The number of hydrogen-bond acceptors (Lipinski definition) is 6. The number of anilines is 3. The van der Waals surface area contributed by atoms with Crippen LogP contribution in [0.5, 0.6) is 0 Å². The number of nitrogens with zero attached hydrogens (tertiary/aromatic N) is 3. The lowest BCUT2D eigenvalue weighted by Gasteiger charge is -2.16. The molecule has 32 heavy (non-hydrogen) atoms. The van der Waals surface area contributed by atoms with Gasteiger partial charge in [0.05, 0.1) is 0 Å². The fourth-order valence-electron chi connectivity index (χ4n) is 3.32. The Bertz CT molecular complexity index is 1150. The van der Waals surface area contributed by atoms with Crippen LogP contribution in [0.25, 0.3) is 0 Å². The highest BCUT2D eigenvalue weighted by atomic mass is 35.5. The molecule has 8 nitrogen and oxygen atoms in total. The average molecular weight is 470 g/mol. The van der Waals surface area contributed by atoms with Crippen LogP contribution in [0, 0.1) is 0 Å². The molecule has 1 aromatic heterocycles. The summed E-state index contributed by atoms with van der Waals surface area (Å²) in [6.07, 6.45) is 0.710. The Balaban J connectivity index is 1.38. The first-order valence-corrected chi connectivity index (χ1v) is 11.2. The monoisotopic (exact) mass is 469 g/mol. The molecule has 1 atom stereocenters. The van der Waals surface area contributed by atoms with Crippen molar-refractivity contribution >= 4 is 57.2 Å². The molecule has 2 N–H and O–H groups in total. The van der Waals surface area contributed by atoms with Crippen LogP contribution in [0.1, 0.15) is 41.0 Å². The summed E-state index contributed by atoms with van der Waals surface area (Å²) in [5.74, 6) is -0.508. The second-order valence-corrected chi connectivity index (χ2v) is 8.71. The molecule has 1 aliphatic rings. The minimum atomic E-state index is -0.327. The second kappa shape index (κ2) is 9.46. The number of hydrogen-bond donors (Lipinski definition) is 2. The molecule has 3 aromatic rings. The van der Waals surface area contributed by atoms with Gasteiger partial charge in [-0.05, 0) is 48.5 Å². The maximum atomic E-state index is 12.5. The number of benzene rings is 2. The van der Waals surface area contributed by atoms with Crippen molar-refractivity contribution in [3.63, 3.8) is 0 Å². The SMILES string of the molecule is CCC(=O)Nc1ccc(C(=O)Nc2nnc([C@@H]3CC(=O)N(c4ccc(Cl)cc4)C3)s2)cc1. The average Bonchev–Trinajstić information content (AvgIpc) is 3.41. The quantitative estimate of drug-likeness (QED) is 0.559. The molecule has 0 spiro atoms. The van der Waals surface area contributed by atoms with Crippen molar-refractivity contribution in [3.8, 4) is 0 Å². The topological polar surface area (TPSA) is 104 Å². The molecule has 0 bridgehead atoms. The van der Waals surface area contributed by atoms with E-state index in [1.807, 2.05) is 12.1 Å². The summed E-state index contributed by atoms with van der Waals surface area (Å²) in [7, 11) is 0. The Hall–Kier alpha value is -3.30. The third-order valence-electron chi connectivity index (χ3n) is 5.03. The summed E-state index contributed by atoms with van der Waals surface area (Å²) < 4.78 is 0. The lowest BCUT2D eigenvalue weighted by atomic mass is 10.1. The van der Waals surface area contributed by atoms with Crippen LogP contribution < -0.4 is 15.5 Å². The molecule has 0 unspecified atom stereocenters. The Morgan fingerprint density at radius 1 is 1.09 bits per heavy atom. The first kappa shape index (κ1) is 21.9. The molecule has 1 saturated heterocycles. The summed E-state index contributed by atoms with van der Waals surface area (Å²) >= 11 is 7.19. The van der Waals surface area contributed by atoms with Crippen LogP contribution in [0.2, 0.25) is 5.02 Å². The number of carbonyl (C=O) groups is 3. The number of aromatic nitrogens is 2. The van der Waals surface area contributed by atoms with Gasteiger partial charge in [-0.2, -0.15) is 0 Å². The molecule has 2 heterocycles. The van der Waals surface area contributed by atoms with Gasteiger partial charge in [0.15, 0.2) is 0 Å². The zero-order chi connectivity index (χ0) is 22.7. The van der Waals surface area contributed by atoms with E-state index in [-0.39, 0.29) is 23.6 Å². The van der Waals surface area contributed by atoms with E-state index in [4.69, 9.17) is 11.6 Å². The van der Waals surface area contributed by atoms with Crippen LogP contribution in [0.3, 0.4) is 0 Å².